The van der Waals surface area contributed by atoms with Gasteiger partial charge in [-0.1, -0.05) is 50.6 Å². The average Bonchev–Trinajstić information content (AvgIpc) is 2.13. The van der Waals surface area contributed by atoms with E-state index in [-0.39, 0.29) is 5.54 Å². The van der Waals surface area contributed by atoms with E-state index in [1.165, 1.54) is 17.5 Å². The third kappa shape index (κ3) is 2.71. The van der Waals surface area contributed by atoms with Gasteiger partial charge in [0.25, 0.3) is 0 Å². The lowest BCUT2D eigenvalue weighted by Gasteiger charge is -2.46. The topological polar surface area (TPSA) is 26.0 Å². The minimum Gasteiger partial charge on any atom is -0.321 e. The van der Waals surface area contributed by atoms with Crippen LogP contribution in [0.25, 0.3) is 0 Å². The Morgan fingerprint density at radius 2 is 1.94 bits per heavy atom. The summed E-state index contributed by atoms with van der Waals surface area (Å²) in [7, 11) is 0. The van der Waals surface area contributed by atoms with Gasteiger partial charge in [0.2, 0.25) is 0 Å². The molecule has 17 heavy (non-hydrogen) atoms. The summed E-state index contributed by atoms with van der Waals surface area (Å²) in [6, 6.07) is 8.73. The normalized spacial score (nSPS) is 32.4. The second-order valence-electron chi connectivity index (χ2n) is 6.88. The van der Waals surface area contributed by atoms with Gasteiger partial charge < -0.3 is 5.73 Å². The van der Waals surface area contributed by atoms with Gasteiger partial charge in [-0.2, -0.15) is 0 Å². The monoisotopic (exact) mass is 231 g/mol. The van der Waals surface area contributed by atoms with Gasteiger partial charge in [0.1, 0.15) is 0 Å². The molecule has 2 unspecified atom stereocenters. The number of nitrogens with two attached hydrogens (primary N) is 1. The van der Waals surface area contributed by atoms with Crippen LogP contribution in [0.5, 0.6) is 0 Å². The summed E-state index contributed by atoms with van der Waals surface area (Å²) in [5.41, 5.74) is 9.57. The molecule has 1 heteroatoms. The Kier molecular flexibility index (Phi) is 3.07. The van der Waals surface area contributed by atoms with Gasteiger partial charge in [-0.3, -0.25) is 0 Å². The SMILES string of the molecule is Cc1cccc(C2(N)CC(C)CC(C)(C)C2)c1. The summed E-state index contributed by atoms with van der Waals surface area (Å²) in [6.45, 7) is 9.17. The summed E-state index contributed by atoms with van der Waals surface area (Å²) in [5, 5.41) is 0. The molecule has 1 saturated carbocycles. The lowest BCUT2D eigenvalue weighted by molar-refractivity contribution is 0.107. The molecule has 0 bridgehead atoms. The third-order valence-corrected chi connectivity index (χ3v) is 4.00. The van der Waals surface area contributed by atoms with Crippen LogP contribution in [0.2, 0.25) is 0 Å². The first-order chi connectivity index (χ1) is 7.81. The predicted molar refractivity (Wildman–Crippen MR) is 73.8 cm³/mol. The first-order valence-corrected chi connectivity index (χ1v) is 6.67. The van der Waals surface area contributed by atoms with Crippen molar-refractivity contribution in [2.24, 2.45) is 17.1 Å². The molecule has 0 aromatic heterocycles. The zero-order chi connectivity index (χ0) is 12.7. The molecule has 2 N–H and O–H groups in total. The Labute approximate surface area is 105 Å². The van der Waals surface area contributed by atoms with Crippen LogP contribution in [-0.4, -0.2) is 0 Å². The quantitative estimate of drug-likeness (QED) is 0.777. The van der Waals surface area contributed by atoms with E-state index < -0.39 is 0 Å². The molecule has 1 fully saturated rings. The lowest BCUT2D eigenvalue weighted by Crippen LogP contribution is -2.46. The van der Waals surface area contributed by atoms with Crippen molar-refractivity contribution < 1.29 is 0 Å². The first-order valence-electron chi connectivity index (χ1n) is 6.67. The van der Waals surface area contributed by atoms with E-state index in [9.17, 15) is 0 Å². The molecule has 1 aromatic carbocycles. The summed E-state index contributed by atoms with van der Waals surface area (Å²) < 4.78 is 0. The Morgan fingerprint density at radius 3 is 2.53 bits per heavy atom. The predicted octanol–water partition coefficient (Wildman–Crippen LogP) is 4.00. The molecule has 1 aliphatic rings. The fourth-order valence-electron chi connectivity index (χ4n) is 3.81. The molecule has 0 aliphatic heterocycles. The molecule has 0 spiro atoms. The standard InChI is InChI=1S/C16H25N/c1-12-6-5-7-14(8-12)16(17)10-13(2)9-15(3,4)11-16/h5-8,13H,9-11,17H2,1-4H3. The van der Waals surface area contributed by atoms with E-state index in [2.05, 4.69) is 52.0 Å². The van der Waals surface area contributed by atoms with Crippen LogP contribution in [0.4, 0.5) is 0 Å². The molecule has 0 amide bonds. The molecular formula is C16H25N. The number of aryl methyl sites for hydroxylation is 1. The van der Waals surface area contributed by atoms with E-state index in [0.29, 0.717) is 11.3 Å². The van der Waals surface area contributed by atoms with Crippen LogP contribution < -0.4 is 5.73 Å². The van der Waals surface area contributed by atoms with E-state index in [0.717, 1.165) is 12.8 Å². The highest BCUT2D eigenvalue weighted by atomic mass is 14.8. The molecule has 0 heterocycles. The smallest absolute Gasteiger partial charge is 0.0417 e. The zero-order valence-electron chi connectivity index (χ0n) is 11.6. The van der Waals surface area contributed by atoms with Crippen LogP contribution in [0, 0.1) is 18.3 Å². The van der Waals surface area contributed by atoms with Crippen LogP contribution in [0.1, 0.15) is 51.2 Å². The summed E-state index contributed by atoms with van der Waals surface area (Å²) in [5.74, 6) is 0.712. The molecule has 94 valence electrons. The molecule has 1 aliphatic carbocycles. The lowest BCUT2D eigenvalue weighted by atomic mass is 9.62. The molecule has 0 radical (unpaired) electrons. The molecule has 0 saturated heterocycles. The minimum atomic E-state index is -0.132. The van der Waals surface area contributed by atoms with Crippen molar-refractivity contribution in [2.75, 3.05) is 0 Å². The van der Waals surface area contributed by atoms with Gasteiger partial charge in [-0.05, 0) is 43.1 Å². The summed E-state index contributed by atoms with van der Waals surface area (Å²) in [4.78, 5) is 0. The van der Waals surface area contributed by atoms with Gasteiger partial charge in [0.15, 0.2) is 0 Å². The molecular weight excluding hydrogens is 206 g/mol. The summed E-state index contributed by atoms with van der Waals surface area (Å²) in [6.07, 6.45) is 3.49. The highest BCUT2D eigenvalue weighted by Gasteiger charge is 2.41. The van der Waals surface area contributed by atoms with Crippen LogP contribution >= 0.6 is 0 Å². The van der Waals surface area contributed by atoms with Gasteiger partial charge in [-0.15, -0.1) is 0 Å². The maximum absolute atomic E-state index is 6.72. The molecule has 2 rings (SSSR count). The third-order valence-electron chi connectivity index (χ3n) is 4.00. The van der Waals surface area contributed by atoms with Crippen LogP contribution in [0.15, 0.2) is 24.3 Å². The zero-order valence-corrected chi connectivity index (χ0v) is 11.6. The van der Waals surface area contributed by atoms with Crippen LogP contribution in [-0.2, 0) is 5.54 Å². The number of hydrogen-bond donors (Lipinski definition) is 1. The Bertz CT molecular complexity index is 408. The van der Waals surface area contributed by atoms with Crippen molar-refractivity contribution >= 4 is 0 Å². The van der Waals surface area contributed by atoms with Gasteiger partial charge in [0, 0.05) is 5.54 Å². The molecule has 1 nitrogen and oxygen atoms in total. The number of benzene rings is 1. The van der Waals surface area contributed by atoms with Crippen molar-refractivity contribution in [1.29, 1.82) is 0 Å². The highest BCUT2D eigenvalue weighted by molar-refractivity contribution is 5.29. The Morgan fingerprint density at radius 1 is 1.24 bits per heavy atom. The van der Waals surface area contributed by atoms with Crippen molar-refractivity contribution in [3.05, 3.63) is 35.4 Å². The van der Waals surface area contributed by atoms with E-state index in [4.69, 9.17) is 5.73 Å². The first kappa shape index (κ1) is 12.6. The Hall–Kier alpha value is -0.820. The van der Waals surface area contributed by atoms with Crippen molar-refractivity contribution in [1.82, 2.24) is 0 Å². The van der Waals surface area contributed by atoms with Gasteiger partial charge in [-0.25, -0.2) is 0 Å². The highest BCUT2D eigenvalue weighted by Crippen LogP contribution is 2.47. The van der Waals surface area contributed by atoms with Crippen molar-refractivity contribution in [3.8, 4) is 0 Å². The minimum absolute atomic E-state index is 0.132. The second kappa shape index (κ2) is 4.13. The maximum atomic E-state index is 6.72. The number of rotatable bonds is 1. The molecule has 1 aromatic rings. The number of hydrogen-bond acceptors (Lipinski definition) is 1. The van der Waals surface area contributed by atoms with E-state index in [1.54, 1.807) is 0 Å². The second-order valence-corrected chi connectivity index (χ2v) is 6.88. The van der Waals surface area contributed by atoms with Gasteiger partial charge >= 0.3 is 0 Å². The van der Waals surface area contributed by atoms with Crippen molar-refractivity contribution in [3.63, 3.8) is 0 Å². The summed E-state index contributed by atoms with van der Waals surface area (Å²) >= 11 is 0. The van der Waals surface area contributed by atoms with E-state index in [1.807, 2.05) is 0 Å². The fraction of sp³-hybridized carbons (Fsp3) is 0.625. The fourth-order valence-corrected chi connectivity index (χ4v) is 3.81. The van der Waals surface area contributed by atoms with Crippen LogP contribution in [0.3, 0.4) is 0 Å². The maximum Gasteiger partial charge on any atom is 0.0417 e. The van der Waals surface area contributed by atoms with Crippen molar-refractivity contribution in [2.45, 2.75) is 52.5 Å². The average molecular weight is 231 g/mol. The van der Waals surface area contributed by atoms with E-state index >= 15 is 0 Å². The Balaban J connectivity index is 2.35. The largest absolute Gasteiger partial charge is 0.321 e. The molecule has 2 atom stereocenters. The van der Waals surface area contributed by atoms with Gasteiger partial charge in [0.05, 0.1) is 0 Å².